The Hall–Kier alpha value is -3.12. The van der Waals surface area contributed by atoms with Gasteiger partial charge in [0.25, 0.3) is 11.8 Å². The van der Waals surface area contributed by atoms with Crippen LogP contribution in [0.25, 0.3) is 0 Å². The van der Waals surface area contributed by atoms with Gasteiger partial charge in [0, 0.05) is 5.69 Å². The molecule has 0 saturated heterocycles. The van der Waals surface area contributed by atoms with E-state index in [9.17, 15) is 14.4 Å². The third-order valence-electron chi connectivity index (χ3n) is 4.42. The van der Waals surface area contributed by atoms with Gasteiger partial charge < -0.3 is 10.1 Å². The van der Waals surface area contributed by atoms with Gasteiger partial charge in [-0.05, 0) is 49.2 Å². The number of nitrogens with zero attached hydrogens (tertiary/aromatic N) is 1. The number of anilines is 2. The molecule has 0 unspecified atom stereocenters. The van der Waals surface area contributed by atoms with Gasteiger partial charge in [0.2, 0.25) is 0 Å². The first-order chi connectivity index (χ1) is 12.8. The number of carbonyl (C=O) groups is 3. The number of hydrogen-bond acceptors (Lipinski definition) is 5. The number of carbonyl (C=O) groups excluding carboxylic acids is 3. The van der Waals surface area contributed by atoms with Crippen LogP contribution in [0.5, 0.6) is 0 Å². The van der Waals surface area contributed by atoms with E-state index in [0.29, 0.717) is 5.69 Å². The zero-order chi connectivity index (χ0) is 19.7. The van der Waals surface area contributed by atoms with E-state index >= 15 is 0 Å². The van der Waals surface area contributed by atoms with E-state index < -0.39 is 17.8 Å². The molecule has 6 nitrogen and oxygen atoms in total. The van der Waals surface area contributed by atoms with Crippen LogP contribution in [0.3, 0.4) is 0 Å². The van der Waals surface area contributed by atoms with E-state index in [0.717, 1.165) is 16.0 Å². The van der Waals surface area contributed by atoms with Gasteiger partial charge in [-0.2, -0.15) is 0 Å². The topological polar surface area (TPSA) is 75.7 Å². The zero-order valence-corrected chi connectivity index (χ0v) is 15.8. The molecule has 2 amide bonds. The fourth-order valence-electron chi connectivity index (χ4n) is 2.76. The standard InChI is InChI=1S/C20H17ClN2O4/c1-11-6-4-9-15(12(11)2)22-17-16(21)18(24)23(19(17)25)14-8-5-7-13(10-14)20(26)27-3/h4-10,22H,1-3H3. The molecular weight excluding hydrogens is 368 g/mol. The maximum Gasteiger partial charge on any atom is 0.337 e. The van der Waals surface area contributed by atoms with Crippen molar-refractivity contribution in [2.24, 2.45) is 0 Å². The van der Waals surface area contributed by atoms with Gasteiger partial charge in [-0.25, -0.2) is 9.69 Å². The number of rotatable bonds is 4. The number of aryl methyl sites for hydroxylation is 1. The van der Waals surface area contributed by atoms with Gasteiger partial charge in [-0.3, -0.25) is 9.59 Å². The van der Waals surface area contributed by atoms with Crippen molar-refractivity contribution in [2.45, 2.75) is 13.8 Å². The van der Waals surface area contributed by atoms with Crippen molar-refractivity contribution in [2.75, 3.05) is 17.3 Å². The minimum absolute atomic E-state index is 0.00108. The first kappa shape index (κ1) is 18.7. The van der Waals surface area contributed by atoms with E-state index in [4.69, 9.17) is 11.6 Å². The highest BCUT2D eigenvalue weighted by molar-refractivity contribution is 6.53. The van der Waals surface area contributed by atoms with Crippen molar-refractivity contribution in [3.8, 4) is 0 Å². The van der Waals surface area contributed by atoms with Crippen molar-refractivity contribution in [1.82, 2.24) is 0 Å². The lowest BCUT2D eigenvalue weighted by molar-refractivity contribution is -0.120. The van der Waals surface area contributed by atoms with Crippen LogP contribution in [0, 0.1) is 13.8 Å². The lowest BCUT2D eigenvalue weighted by atomic mass is 10.1. The molecule has 0 bridgehead atoms. The minimum atomic E-state index is -0.656. The van der Waals surface area contributed by atoms with Gasteiger partial charge in [0.1, 0.15) is 10.7 Å². The third kappa shape index (κ3) is 3.31. The molecule has 0 aliphatic carbocycles. The molecule has 3 rings (SSSR count). The first-order valence-corrected chi connectivity index (χ1v) is 8.53. The molecule has 1 heterocycles. The zero-order valence-electron chi connectivity index (χ0n) is 15.0. The molecule has 1 N–H and O–H groups in total. The van der Waals surface area contributed by atoms with Crippen molar-refractivity contribution >= 4 is 40.8 Å². The van der Waals surface area contributed by atoms with Gasteiger partial charge in [0.15, 0.2) is 0 Å². The van der Waals surface area contributed by atoms with Crippen LogP contribution in [0.1, 0.15) is 21.5 Å². The van der Waals surface area contributed by atoms with E-state index in [1.54, 1.807) is 18.2 Å². The normalized spacial score (nSPS) is 14.0. The smallest absolute Gasteiger partial charge is 0.337 e. The van der Waals surface area contributed by atoms with Crippen LogP contribution in [0.4, 0.5) is 11.4 Å². The third-order valence-corrected chi connectivity index (χ3v) is 4.77. The molecule has 2 aromatic carbocycles. The van der Waals surface area contributed by atoms with Crippen LogP contribution < -0.4 is 10.2 Å². The number of amides is 2. The maximum absolute atomic E-state index is 12.9. The average molecular weight is 385 g/mol. The van der Waals surface area contributed by atoms with Crippen LogP contribution in [0.15, 0.2) is 53.2 Å². The molecule has 0 aromatic heterocycles. The number of hydrogen-bond donors (Lipinski definition) is 1. The predicted octanol–water partition coefficient (Wildman–Crippen LogP) is 3.53. The highest BCUT2D eigenvalue weighted by Crippen LogP contribution is 2.31. The van der Waals surface area contributed by atoms with Crippen molar-refractivity contribution in [3.63, 3.8) is 0 Å². The fourth-order valence-corrected chi connectivity index (χ4v) is 2.97. The summed E-state index contributed by atoms with van der Waals surface area (Å²) < 4.78 is 4.68. The molecule has 1 aliphatic rings. The summed E-state index contributed by atoms with van der Waals surface area (Å²) in [5.74, 6) is -1.81. The Morgan fingerprint density at radius 1 is 1.07 bits per heavy atom. The number of halogens is 1. The van der Waals surface area contributed by atoms with Gasteiger partial charge in [0.05, 0.1) is 18.4 Å². The van der Waals surface area contributed by atoms with Gasteiger partial charge in [-0.15, -0.1) is 0 Å². The number of nitrogens with one attached hydrogen (secondary N) is 1. The Balaban J connectivity index is 1.95. The van der Waals surface area contributed by atoms with Crippen molar-refractivity contribution < 1.29 is 19.1 Å². The number of methoxy groups -OCH3 is 1. The number of esters is 1. The highest BCUT2D eigenvalue weighted by atomic mass is 35.5. The number of imide groups is 1. The summed E-state index contributed by atoms with van der Waals surface area (Å²) in [5.41, 5.74) is 3.14. The summed E-state index contributed by atoms with van der Waals surface area (Å²) in [6, 6.07) is 11.6. The molecule has 0 spiro atoms. The molecule has 27 heavy (non-hydrogen) atoms. The van der Waals surface area contributed by atoms with Crippen molar-refractivity contribution in [3.05, 3.63) is 69.9 Å². The summed E-state index contributed by atoms with van der Waals surface area (Å²) in [7, 11) is 1.26. The average Bonchev–Trinajstić information content (AvgIpc) is 2.88. The van der Waals surface area contributed by atoms with E-state index in [1.807, 2.05) is 26.0 Å². The minimum Gasteiger partial charge on any atom is -0.465 e. The van der Waals surface area contributed by atoms with E-state index in [1.165, 1.54) is 19.2 Å². The molecule has 2 aromatic rings. The van der Waals surface area contributed by atoms with Crippen LogP contribution in [-0.4, -0.2) is 24.9 Å². The molecule has 7 heteroatoms. The summed E-state index contributed by atoms with van der Waals surface area (Å²) in [6.45, 7) is 3.85. The molecular formula is C20H17ClN2O4. The van der Waals surface area contributed by atoms with Crippen LogP contribution in [0.2, 0.25) is 0 Å². The number of benzene rings is 2. The largest absolute Gasteiger partial charge is 0.465 e. The molecule has 1 aliphatic heterocycles. The highest BCUT2D eigenvalue weighted by Gasteiger charge is 2.39. The first-order valence-electron chi connectivity index (χ1n) is 8.15. The van der Waals surface area contributed by atoms with Crippen molar-refractivity contribution in [1.29, 1.82) is 0 Å². The summed E-state index contributed by atoms with van der Waals surface area (Å²) in [4.78, 5) is 38.1. The van der Waals surface area contributed by atoms with Crippen LogP contribution in [-0.2, 0) is 14.3 Å². The van der Waals surface area contributed by atoms with Gasteiger partial charge in [-0.1, -0.05) is 29.8 Å². The molecule has 0 radical (unpaired) electrons. The molecule has 138 valence electrons. The summed E-state index contributed by atoms with van der Waals surface area (Å²) in [6.07, 6.45) is 0. The molecule has 0 fully saturated rings. The lowest BCUT2D eigenvalue weighted by Gasteiger charge is -2.16. The number of ether oxygens (including phenoxy) is 1. The fraction of sp³-hybridized carbons (Fsp3) is 0.150. The Bertz CT molecular complexity index is 997. The Morgan fingerprint density at radius 3 is 2.48 bits per heavy atom. The molecule has 0 saturated carbocycles. The Labute approximate surface area is 161 Å². The monoisotopic (exact) mass is 384 g/mol. The second-order valence-electron chi connectivity index (χ2n) is 6.05. The van der Waals surface area contributed by atoms with E-state index in [2.05, 4.69) is 10.1 Å². The second-order valence-corrected chi connectivity index (χ2v) is 6.43. The lowest BCUT2D eigenvalue weighted by Crippen LogP contribution is -2.32. The Kier molecular flexibility index (Phi) is 5.01. The summed E-state index contributed by atoms with van der Waals surface area (Å²) >= 11 is 6.15. The van der Waals surface area contributed by atoms with Crippen LogP contribution >= 0.6 is 11.6 Å². The SMILES string of the molecule is COC(=O)c1cccc(N2C(=O)C(Cl)=C(Nc3cccc(C)c3C)C2=O)c1. The van der Waals surface area contributed by atoms with Gasteiger partial charge >= 0.3 is 5.97 Å². The maximum atomic E-state index is 12.9. The predicted molar refractivity (Wildman–Crippen MR) is 103 cm³/mol. The Morgan fingerprint density at radius 2 is 1.78 bits per heavy atom. The quantitative estimate of drug-likeness (QED) is 0.644. The second kappa shape index (κ2) is 7.25. The van der Waals surface area contributed by atoms with E-state index in [-0.39, 0.29) is 22.0 Å². The summed E-state index contributed by atoms with van der Waals surface area (Å²) in [5, 5.41) is 2.77. The molecule has 0 atom stereocenters.